The number of piperidine rings is 1. The van der Waals surface area contributed by atoms with Gasteiger partial charge in [0.15, 0.2) is 11.5 Å². The highest BCUT2D eigenvalue weighted by Crippen LogP contribution is 2.20. The van der Waals surface area contributed by atoms with E-state index < -0.39 is 0 Å². The Labute approximate surface area is 158 Å². The molecule has 0 unspecified atom stereocenters. The van der Waals surface area contributed by atoms with Gasteiger partial charge in [-0.3, -0.25) is 18.7 Å². The Bertz CT molecular complexity index is 968. The van der Waals surface area contributed by atoms with E-state index in [1.807, 2.05) is 28.8 Å². The number of fused-ring (bicyclic) bond motifs is 1. The minimum Gasteiger partial charge on any atom is -0.299 e. The standard InChI is InChI=1S/C20H26N6O/c1-15(2)17-11-20(27)25(14-21-17)12-16-6-9-24(10-7-16)13-19-23-22-18-5-3-4-8-26(18)19/h3-5,8,11,14-16H,6-7,9-10,12-13H2,1-2H3. The average molecular weight is 366 g/mol. The van der Waals surface area contributed by atoms with Crippen LogP contribution in [-0.4, -0.2) is 42.1 Å². The van der Waals surface area contributed by atoms with Crippen molar-refractivity contribution in [1.29, 1.82) is 0 Å². The van der Waals surface area contributed by atoms with Gasteiger partial charge in [0.05, 0.1) is 18.6 Å². The van der Waals surface area contributed by atoms with E-state index in [9.17, 15) is 4.79 Å². The SMILES string of the molecule is CC(C)c1cc(=O)n(CC2CCN(Cc3nnc4ccccn34)CC2)cn1. The summed E-state index contributed by atoms with van der Waals surface area (Å²) >= 11 is 0. The predicted octanol–water partition coefficient (Wildman–Crippen LogP) is 2.32. The number of hydrogen-bond acceptors (Lipinski definition) is 5. The predicted molar refractivity (Wildman–Crippen MR) is 104 cm³/mol. The van der Waals surface area contributed by atoms with Crippen molar-refractivity contribution in [2.75, 3.05) is 13.1 Å². The van der Waals surface area contributed by atoms with Gasteiger partial charge in [-0.25, -0.2) is 4.98 Å². The first-order valence-corrected chi connectivity index (χ1v) is 9.67. The van der Waals surface area contributed by atoms with Crippen LogP contribution in [0.1, 0.15) is 44.1 Å². The smallest absolute Gasteiger partial charge is 0.253 e. The van der Waals surface area contributed by atoms with Gasteiger partial charge in [0, 0.05) is 18.8 Å². The van der Waals surface area contributed by atoms with Crippen LogP contribution in [0.15, 0.2) is 41.6 Å². The first-order chi connectivity index (χ1) is 13.1. The molecule has 0 bridgehead atoms. The van der Waals surface area contributed by atoms with Crippen LogP contribution in [0.5, 0.6) is 0 Å². The number of likely N-dealkylation sites (tertiary alicyclic amines) is 1. The molecule has 0 aliphatic carbocycles. The van der Waals surface area contributed by atoms with Gasteiger partial charge in [-0.15, -0.1) is 10.2 Å². The summed E-state index contributed by atoms with van der Waals surface area (Å²) in [6, 6.07) is 7.63. The highest BCUT2D eigenvalue weighted by molar-refractivity contribution is 5.36. The largest absolute Gasteiger partial charge is 0.299 e. The van der Waals surface area contributed by atoms with Crippen LogP contribution in [0.4, 0.5) is 0 Å². The molecule has 7 nitrogen and oxygen atoms in total. The van der Waals surface area contributed by atoms with Crippen LogP contribution in [0, 0.1) is 5.92 Å². The van der Waals surface area contributed by atoms with E-state index in [2.05, 4.69) is 33.9 Å². The Hall–Kier alpha value is -2.54. The Morgan fingerprint density at radius 3 is 2.74 bits per heavy atom. The Balaban J connectivity index is 1.34. The quantitative estimate of drug-likeness (QED) is 0.693. The summed E-state index contributed by atoms with van der Waals surface area (Å²) in [4.78, 5) is 19.2. The molecule has 0 N–H and O–H groups in total. The highest BCUT2D eigenvalue weighted by Gasteiger charge is 2.21. The Morgan fingerprint density at radius 2 is 2.00 bits per heavy atom. The molecule has 1 aliphatic heterocycles. The molecule has 0 spiro atoms. The molecule has 27 heavy (non-hydrogen) atoms. The lowest BCUT2D eigenvalue weighted by Gasteiger charge is -2.31. The molecule has 142 valence electrons. The molecule has 4 heterocycles. The Kier molecular flexibility index (Phi) is 5.03. The third-order valence-corrected chi connectivity index (χ3v) is 5.40. The van der Waals surface area contributed by atoms with E-state index in [4.69, 9.17) is 0 Å². The minimum absolute atomic E-state index is 0.0612. The van der Waals surface area contributed by atoms with Gasteiger partial charge in [0.1, 0.15) is 0 Å². The molecule has 7 heteroatoms. The molecule has 1 aliphatic rings. The highest BCUT2D eigenvalue weighted by atomic mass is 16.1. The maximum atomic E-state index is 12.3. The summed E-state index contributed by atoms with van der Waals surface area (Å²) in [6.07, 6.45) is 5.88. The molecule has 1 saturated heterocycles. The maximum Gasteiger partial charge on any atom is 0.253 e. The van der Waals surface area contributed by atoms with Gasteiger partial charge >= 0.3 is 0 Å². The van der Waals surface area contributed by atoms with Gasteiger partial charge < -0.3 is 0 Å². The van der Waals surface area contributed by atoms with Crippen molar-refractivity contribution in [2.24, 2.45) is 5.92 Å². The molecule has 0 atom stereocenters. The zero-order valence-corrected chi connectivity index (χ0v) is 16.0. The second-order valence-corrected chi connectivity index (χ2v) is 7.72. The third-order valence-electron chi connectivity index (χ3n) is 5.40. The van der Waals surface area contributed by atoms with Crippen molar-refractivity contribution in [3.8, 4) is 0 Å². The molecule has 4 rings (SSSR count). The van der Waals surface area contributed by atoms with E-state index in [1.165, 1.54) is 0 Å². The van der Waals surface area contributed by atoms with E-state index >= 15 is 0 Å². The lowest BCUT2D eigenvalue weighted by molar-refractivity contribution is 0.162. The van der Waals surface area contributed by atoms with Crippen molar-refractivity contribution in [2.45, 2.75) is 45.7 Å². The number of nitrogens with zero attached hydrogens (tertiary/aromatic N) is 6. The van der Waals surface area contributed by atoms with Crippen molar-refractivity contribution < 1.29 is 0 Å². The number of pyridine rings is 1. The second-order valence-electron chi connectivity index (χ2n) is 7.72. The van der Waals surface area contributed by atoms with Crippen molar-refractivity contribution in [3.63, 3.8) is 0 Å². The molecule has 3 aromatic rings. The molecular weight excluding hydrogens is 340 g/mol. The fourth-order valence-corrected chi connectivity index (χ4v) is 3.70. The van der Waals surface area contributed by atoms with Gasteiger partial charge in [0.2, 0.25) is 0 Å². The van der Waals surface area contributed by atoms with Crippen molar-refractivity contribution in [3.05, 3.63) is 58.7 Å². The lowest BCUT2D eigenvalue weighted by atomic mass is 9.96. The summed E-state index contributed by atoms with van der Waals surface area (Å²) in [7, 11) is 0. The average Bonchev–Trinajstić information content (AvgIpc) is 3.08. The molecule has 0 radical (unpaired) electrons. The molecule has 1 fully saturated rings. The first kappa shape index (κ1) is 17.9. The van der Waals surface area contributed by atoms with Crippen molar-refractivity contribution >= 4 is 5.65 Å². The maximum absolute atomic E-state index is 12.3. The summed E-state index contributed by atoms with van der Waals surface area (Å²) < 4.78 is 3.81. The second kappa shape index (κ2) is 7.60. The third kappa shape index (κ3) is 3.93. The minimum atomic E-state index is 0.0612. The number of hydrogen-bond donors (Lipinski definition) is 0. The summed E-state index contributed by atoms with van der Waals surface area (Å²) in [5.74, 6) is 1.78. The van der Waals surface area contributed by atoms with Crippen LogP contribution < -0.4 is 5.56 Å². The normalized spacial score (nSPS) is 16.4. The fraction of sp³-hybridized carbons (Fsp3) is 0.500. The molecule has 0 amide bonds. The molecule has 0 aromatic carbocycles. The molecular formula is C20H26N6O. The van der Waals surface area contributed by atoms with Crippen molar-refractivity contribution in [1.82, 2.24) is 29.0 Å². The van der Waals surface area contributed by atoms with Gasteiger partial charge in [-0.1, -0.05) is 19.9 Å². The zero-order valence-electron chi connectivity index (χ0n) is 16.0. The summed E-state index contributed by atoms with van der Waals surface area (Å²) in [5.41, 5.74) is 1.82. The first-order valence-electron chi connectivity index (χ1n) is 9.67. The Morgan fingerprint density at radius 1 is 1.19 bits per heavy atom. The van der Waals surface area contributed by atoms with Crippen LogP contribution in [0.25, 0.3) is 5.65 Å². The number of rotatable bonds is 5. The number of aromatic nitrogens is 5. The van der Waals surface area contributed by atoms with Crippen LogP contribution >= 0.6 is 0 Å². The van der Waals surface area contributed by atoms with E-state index in [0.29, 0.717) is 5.92 Å². The van der Waals surface area contributed by atoms with Crippen LogP contribution in [0.3, 0.4) is 0 Å². The monoisotopic (exact) mass is 366 g/mol. The summed E-state index contributed by atoms with van der Waals surface area (Å²) in [5, 5.41) is 8.55. The topological polar surface area (TPSA) is 68.3 Å². The van der Waals surface area contributed by atoms with Gasteiger partial charge in [-0.2, -0.15) is 0 Å². The van der Waals surface area contributed by atoms with E-state index in [-0.39, 0.29) is 11.5 Å². The summed E-state index contributed by atoms with van der Waals surface area (Å²) in [6.45, 7) is 7.70. The fourth-order valence-electron chi connectivity index (χ4n) is 3.70. The van der Waals surface area contributed by atoms with Crippen LogP contribution in [0.2, 0.25) is 0 Å². The lowest BCUT2D eigenvalue weighted by Crippen LogP contribution is -2.36. The van der Waals surface area contributed by atoms with E-state index in [1.54, 1.807) is 17.0 Å². The van der Waals surface area contributed by atoms with Gasteiger partial charge in [-0.05, 0) is 49.9 Å². The van der Waals surface area contributed by atoms with Crippen LogP contribution in [-0.2, 0) is 13.1 Å². The molecule has 3 aromatic heterocycles. The molecule has 0 saturated carbocycles. The van der Waals surface area contributed by atoms with Gasteiger partial charge in [0.25, 0.3) is 5.56 Å². The zero-order chi connectivity index (χ0) is 18.8. The van der Waals surface area contributed by atoms with E-state index in [0.717, 1.165) is 56.2 Å².